The van der Waals surface area contributed by atoms with E-state index in [2.05, 4.69) is 5.32 Å². The van der Waals surface area contributed by atoms with Gasteiger partial charge in [-0.1, -0.05) is 24.3 Å². The summed E-state index contributed by atoms with van der Waals surface area (Å²) in [5.74, 6) is 0. The Balaban J connectivity index is 1.90. The van der Waals surface area contributed by atoms with Gasteiger partial charge in [0.15, 0.2) is 0 Å². The van der Waals surface area contributed by atoms with Crippen LogP contribution in [-0.2, 0) is 15.5 Å². The number of anilines is 2. The predicted molar refractivity (Wildman–Crippen MR) is 96.9 cm³/mol. The summed E-state index contributed by atoms with van der Waals surface area (Å²) in [6.45, 7) is 7.82. The Bertz CT molecular complexity index is 789. The maximum Gasteiger partial charge on any atom is 0.496 e. The molecule has 138 valence electrons. The maximum atomic E-state index is 12.9. The van der Waals surface area contributed by atoms with Crippen LogP contribution in [0.5, 0.6) is 0 Å². The molecule has 2 aromatic carbocycles. The van der Waals surface area contributed by atoms with Crippen LogP contribution in [0.25, 0.3) is 0 Å². The monoisotopic (exact) mass is 363 g/mol. The van der Waals surface area contributed by atoms with E-state index in [1.165, 1.54) is 6.07 Å². The van der Waals surface area contributed by atoms with E-state index in [4.69, 9.17) is 9.31 Å². The molecule has 1 saturated heterocycles. The first kappa shape index (κ1) is 18.8. The quantitative estimate of drug-likeness (QED) is 0.799. The zero-order chi connectivity index (χ0) is 19.2. The molecule has 0 aliphatic carbocycles. The van der Waals surface area contributed by atoms with Gasteiger partial charge in [0, 0.05) is 16.8 Å². The van der Waals surface area contributed by atoms with E-state index in [1.807, 2.05) is 45.9 Å². The van der Waals surface area contributed by atoms with Crippen molar-refractivity contribution in [1.82, 2.24) is 0 Å². The summed E-state index contributed by atoms with van der Waals surface area (Å²) in [7, 11) is -0.602. The summed E-state index contributed by atoms with van der Waals surface area (Å²) in [5, 5.41) is 3.06. The van der Waals surface area contributed by atoms with Crippen molar-refractivity contribution in [2.24, 2.45) is 0 Å². The summed E-state index contributed by atoms with van der Waals surface area (Å²) >= 11 is 0. The van der Waals surface area contributed by atoms with Crippen molar-refractivity contribution in [3.8, 4) is 0 Å². The summed E-state index contributed by atoms with van der Waals surface area (Å²) in [5.41, 5.74) is 0.0374. The van der Waals surface area contributed by atoms with Crippen LogP contribution in [0.4, 0.5) is 24.5 Å². The second-order valence-electron chi connectivity index (χ2n) is 7.38. The van der Waals surface area contributed by atoms with E-state index < -0.39 is 30.1 Å². The number of benzene rings is 2. The number of rotatable bonds is 3. The van der Waals surface area contributed by atoms with Crippen molar-refractivity contribution in [2.75, 3.05) is 5.32 Å². The van der Waals surface area contributed by atoms with E-state index in [1.54, 1.807) is 12.1 Å². The highest BCUT2D eigenvalue weighted by molar-refractivity contribution is 6.64. The molecule has 0 radical (unpaired) electrons. The van der Waals surface area contributed by atoms with E-state index in [0.29, 0.717) is 11.4 Å². The lowest BCUT2D eigenvalue weighted by Gasteiger charge is -2.32. The zero-order valence-electron chi connectivity index (χ0n) is 15.1. The van der Waals surface area contributed by atoms with Gasteiger partial charge in [0.25, 0.3) is 0 Å². The maximum absolute atomic E-state index is 12.9. The second kappa shape index (κ2) is 6.32. The standard InChI is InChI=1S/C19H21BF3NO2/c1-17(2)18(3,4)26-20(25-17)15-10-5-6-11-16(15)24-14-9-7-8-13(12-14)19(21,22)23/h5-12,24H,1-4H3. The fraction of sp³-hybridized carbons (Fsp3) is 0.368. The molecule has 0 unspecified atom stereocenters. The van der Waals surface area contributed by atoms with Gasteiger partial charge in [0.1, 0.15) is 0 Å². The molecular formula is C19H21BF3NO2. The molecule has 0 spiro atoms. The first-order valence-electron chi connectivity index (χ1n) is 8.38. The van der Waals surface area contributed by atoms with Gasteiger partial charge < -0.3 is 14.6 Å². The van der Waals surface area contributed by atoms with Crippen molar-refractivity contribution >= 4 is 24.0 Å². The van der Waals surface area contributed by atoms with E-state index in [9.17, 15) is 13.2 Å². The Hall–Kier alpha value is -1.99. The van der Waals surface area contributed by atoms with Gasteiger partial charge in [-0.3, -0.25) is 0 Å². The minimum atomic E-state index is -4.39. The predicted octanol–water partition coefficient (Wildman–Crippen LogP) is 4.75. The molecule has 0 aromatic heterocycles. The molecule has 1 N–H and O–H groups in total. The second-order valence-corrected chi connectivity index (χ2v) is 7.38. The molecule has 1 aliphatic rings. The Morgan fingerprint density at radius 2 is 1.50 bits per heavy atom. The lowest BCUT2D eigenvalue weighted by molar-refractivity contribution is -0.137. The smallest absolute Gasteiger partial charge is 0.399 e. The van der Waals surface area contributed by atoms with Crippen LogP contribution in [0.1, 0.15) is 33.3 Å². The fourth-order valence-corrected chi connectivity index (χ4v) is 2.72. The number of nitrogens with one attached hydrogen (secondary N) is 1. The summed E-state index contributed by atoms with van der Waals surface area (Å²) in [6, 6.07) is 12.4. The van der Waals surface area contributed by atoms with Gasteiger partial charge in [-0.05, 0) is 52.0 Å². The Kier molecular flexibility index (Phi) is 4.57. The van der Waals surface area contributed by atoms with Crippen molar-refractivity contribution < 1.29 is 22.5 Å². The number of halogens is 3. The third-order valence-corrected chi connectivity index (χ3v) is 4.94. The fourth-order valence-electron chi connectivity index (χ4n) is 2.72. The van der Waals surface area contributed by atoms with Crippen molar-refractivity contribution in [2.45, 2.75) is 45.1 Å². The molecule has 7 heteroatoms. The minimum absolute atomic E-state index is 0.351. The largest absolute Gasteiger partial charge is 0.496 e. The molecule has 3 nitrogen and oxygen atoms in total. The van der Waals surface area contributed by atoms with Crippen LogP contribution in [0.15, 0.2) is 48.5 Å². The first-order valence-corrected chi connectivity index (χ1v) is 8.38. The summed E-state index contributed by atoms with van der Waals surface area (Å²) in [4.78, 5) is 0. The Morgan fingerprint density at radius 3 is 2.12 bits per heavy atom. The normalized spacial score (nSPS) is 18.8. The number of alkyl halides is 3. The van der Waals surface area contributed by atoms with Gasteiger partial charge in [-0.2, -0.15) is 13.2 Å². The van der Waals surface area contributed by atoms with E-state index >= 15 is 0 Å². The Labute approximate surface area is 151 Å². The number of hydrogen-bond acceptors (Lipinski definition) is 3. The lowest BCUT2D eigenvalue weighted by Crippen LogP contribution is -2.41. The van der Waals surface area contributed by atoms with Crippen molar-refractivity contribution in [3.05, 3.63) is 54.1 Å². The number of hydrogen-bond donors (Lipinski definition) is 1. The van der Waals surface area contributed by atoms with Gasteiger partial charge in [0.2, 0.25) is 0 Å². The third-order valence-electron chi connectivity index (χ3n) is 4.94. The Morgan fingerprint density at radius 1 is 0.885 bits per heavy atom. The highest BCUT2D eigenvalue weighted by Crippen LogP contribution is 2.37. The van der Waals surface area contributed by atoms with Gasteiger partial charge in [0.05, 0.1) is 16.8 Å². The molecule has 1 fully saturated rings. The van der Waals surface area contributed by atoms with E-state index in [0.717, 1.165) is 17.6 Å². The van der Waals surface area contributed by atoms with Crippen LogP contribution in [0.3, 0.4) is 0 Å². The zero-order valence-corrected chi connectivity index (χ0v) is 15.1. The average molecular weight is 363 g/mol. The van der Waals surface area contributed by atoms with Crippen LogP contribution in [-0.4, -0.2) is 18.3 Å². The summed E-state index contributed by atoms with van der Waals surface area (Å²) < 4.78 is 50.9. The first-order chi connectivity index (χ1) is 12.0. The molecule has 1 aliphatic heterocycles. The van der Waals surface area contributed by atoms with Gasteiger partial charge in [-0.25, -0.2) is 0 Å². The van der Waals surface area contributed by atoms with Gasteiger partial charge in [-0.15, -0.1) is 0 Å². The van der Waals surface area contributed by atoms with Crippen LogP contribution >= 0.6 is 0 Å². The topological polar surface area (TPSA) is 30.5 Å². The molecule has 0 atom stereocenters. The minimum Gasteiger partial charge on any atom is -0.399 e. The van der Waals surface area contributed by atoms with Crippen LogP contribution in [0, 0.1) is 0 Å². The molecular weight excluding hydrogens is 342 g/mol. The van der Waals surface area contributed by atoms with Gasteiger partial charge >= 0.3 is 13.3 Å². The summed E-state index contributed by atoms with van der Waals surface area (Å²) in [6.07, 6.45) is -4.39. The molecule has 0 saturated carbocycles. The molecule has 0 amide bonds. The average Bonchev–Trinajstić information content (AvgIpc) is 2.75. The molecule has 1 heterocycles. The SMILES string of the molecule is CC1(C)OB(c2ccccc2Nc2cccc(C(F)(F)F)c2)OC1(C)C. The lowest BCUT2D eigenvalue weighted by atomic mass is 9.77. The van der Waals surface area contributed by atoms with Crippen molar-refractivity contribution in [1.29, 1.82) is 0 Å². The number of para-hydroxylation sites is 1. The molecule has 2 aromatic rings. The van der Waals surface area contributed by atoms with Crippen LogP contribution in [0.2, 0.25) is 0 Å². The highest BCUT2D eigenvalue weighted by atomic mass is 19.4. The molecule has 26 heavy (non-hydrogen) atoms. The molecule has 3 rings (SSSR count). The van der Waals surface area contributed by atoms with Crippen molar-refractivity contribution in [3.63, 3.8) is 0 Å². The third kappa shape index (κ3) is 3.59. The molecule has 0 bridgehead atoms. The van der Waals surface area contributed by atoms with Crippen LogP contribution < -0.4 is 10.8 Å². The van der Waals surface area contributed by atoms with E-state index in [-0.39, 0.29) is 0 Å². The highest BCUT2D eigenvalue weighted by Gasteiger charge is 2.52.